The molecule has 0 radical (unpaired) electrons. The summed E-state index contributed by atoms with van der Waals surface area (Å²) in [6, 6.07) is 13.0. The van der Waals surface area contributed by atoms with Gasteiger partial charge in [0.25, 0.3) is 0 Å². The lowest BCUT2D eigenvalue weighted by molar-refractivity contribution is -0.147. The number of ether oxygens (including phenoxy) is 1. The Balaban J connectivity index is 1.87. The number of hydrogen-bond donors (Lipinski definition) is 2. The van der Waals surface area contributed by atoms with Crippen molar-refractivity contribution in [1.82, 2.24) is 0 Å². The third-order valence-electron chi connectivity index (χ3n) is 4.57. The van der Waals surface area contributed by atoms with Crippen molar-refractivity contribution in [3.05, 3.63) is 53.6 Å². The molecule has 1 atom stereocenters. The van der Waals surface area contributed by atoms with E-state index in [0.29, 0.717) is 17.7 Å². The minimum absolute atomic E-state index is 0.211. The fourth-order valence-corrected chi connectivity index (χ4v) is 3.20. The quantitative estimate of drug-likeness (QED) is 0.660. The number of nitrogens with two attached hydrogens (primary N) is 1. The van der Waals surface area contributed by atoms with Crippen molar-refractivity contribution in [3.63, 3.8) is 0 Å². The fourth-order valence-electron chi connectivity index (χ4n) is 3.20. The van der Waals surface area contributed by atoms with E-state index in [1.54, 1.807) is 13.0 Å². The molecule has 2 aromatic rings. The van der Waals surface area contributed by atoms with Gasteiger partial charge in [0.15, 0.2) is 5.78 Å². The van der Waals surface area contributed by atoms with Gasteiger partial charge in [-0.3, -0.25) is 9.59 Å². The van der Waals surface area contributed by atoms with Crippen molar-refractivity contribution in [1.29, 1.82) is 0 Å². The Kier molecular flexibility index (Phi) is 4.59. The van der Waals surface area contributed by atoms with Crippen molar-refractivity contribution >= 4 is 17.4 Å². The summed E-state index contributed by atoms with van der Waals surface area (Å²) in [5.74, 6) is -0.967. The number of carbonyl (C=O) groups is 2. The van der Waals surface area contributed by atoms with E-state index in [1.165, 1.54) is 0 Å². The first-order chi connectivity index (χ1) is 11.9. The summed E-state index contributed by atoms with van der Waals surface area (Å²) in [6.07, 6.45) is 0.432. The highest BCUT2D eigenvalue weighted by atomic mass is 16.5. The van der Waals surface area contributed by atoms with E-state index in [4.69, 9.17) is 10.5 Å². The van der Waals surface area contributed by atoms with Crippen LogP contribution in [-0.4, -0.2) is 29.1 Å². The summed E-state index contributed by atoms with van der Waals surface area (Å²) in [4.78, 5) is 24.4. The van der Waals surface area contributed by atoms with E-state index in [-0.39, 0.29) is 19.4 Å². The molecule has 0 amide bonds. The largest absolute Gasteiger partial charge is 0.466 e. The maximum atomic E-state index is 12.7. The molecular weight excluding hydrogens is 318 g/mol. The Morgan fingerprint density at radius 1 is 1.20 bits per heavy atom. The summed E-state index contributed by atoms with van der Waals surface area (Å²) in [6.45, 7) is 1.92. The van der Waals surface area contributed by atoms with Crippen LogP contribution in [0.5, 0.6) is 0 Å². The first-order valence-electron chi connectivity index (χ1n) is 8.34. The van der Waals surface area contributed by atoms with Crippen LogP contribution in [0.15, 0.2) is 42.5 Å². The second-order valence-electron chi connectivity index (χ2n) is 6.34. The Bertz CT molecular complexity index is 813. The van der Waals surface area contributed by atoms with Crippen LogP contribution < -0.4 is 5.73 Å². The maximum Gasteiger partial charge on any atom is 0.309 e. The summed E-state index contributed by atoms with van der Waals surface area (Å²) >= 11 is 0. The standard InChI is InChI=1S/C20H21NO4/c1-2-25-18(22)12-20(24)10-9-15-11-14(5-8-17(15)19(20)23)13-3-6-16(21)7-4-13/h3-8,11,24H,2,9-10,12,21H2,1H3. The van der Waals surface area contributed by atoms with Gasteiger partial charge in [0, 0.05) is 11.3 Å². The molecule has 1 unspecified atom stereocenters. The minimum Gasteiger partial charge on any atom is -0.466 e. The highest BCUT2D eigenvalue weighted by molar-refractivity contribution is 6.06. The maximum absolute atomic E-state index is 12.7. The zero-order valence-electron chi connectivity index (χ0n) is 14.1. The number of rotatable bonds is 4. The van der Waals surface area contributed by atoms with Crippen molar-refractivity contribution in [2.24, 2.45) is 0 Å². The Morgan fingerprint density at radius 3 is 2.56 bits per heavy atom. The molecule has 0 aromatic heterocycles. The van der Waals surface area contributed by atoms with Gasteiger partial charge in [-0.15, -0.1) is 0 Å². The molecule has 0 fully saturated rings. The molecule has 0 saturated carbocycles. The van der Waals surface area contributed by atoms with E-state index in [9.17, 15) is 14.7 Å². The number of nitrogen functional groups attached to an aromatic ring is 1. The molecule has 0 heterocycles. The van der Waals surface area contributed by atoms with Gasteiger partial charge in [-0.25, -0.2) is 0 Å². The lowest BCUT2D eigenvalue weighted by Gasteiger charge is -2.31. The van der Waals surface area contributed by atoms with Gasteiger partial charge in [-0.2, -0.15) is 0 Å². The molecule has 2 aromatic carbocycles. The van der Waals surface area contributed by atoms with Gasteiger partial charge in [0.2, 0.25) is 0 Å². The summed E-state index contributed by atoms with van der Waals surface area (Å²) < 4.78 is 4.87. The van der Waals surface area contributed by atoms with Crippen molar-refractivity contribution in [2.75, 3.05) is 12.3 Å². The third kappa shape index (κ3) is 3.42. The van der Waals surface area contributed by atoms with Crippen LogP contribution >= 0.6 is 0 Å². The lowest BCUT2D eigenvalue weighted by Crippen LogP contribution is -2.44. The number of anilines is 1. The van der Waals surface area contributed by atoms with Gasteiger partial charge in [-0.05, 0) is 48.6 Å². The van der Waals surface area contributed by atoms with E-state index in [2.05, 4.69) is 0 Å². The zero-order chi connectivity index (χ0) is 18.0. The molecule has 25 heavy (non-hydrogen) atoms. The number of hydrogen-bond acceptors (Lipinski definition) is 5. The normalized spacial score (nSPS) is 19.4. The van der Waals surface area contributed by atoms with Crippen molar-refractivity contribution in [2.45, 2.75) is 31.8 Å². The van der Waals surface area contributed by atoms with E-state index >= 15 is 0 Å². The smallest absolute Gasteiger partial charge is 0.309 e. The minimum atomic E-state index is -1.68. The topological polar surface area (TPSA) is 89.6 Å². The Morgan fingerprint density at radius 2 is 1.88 bits per heavy atom. The second-order valence-corrected chi connectivity index (χ2v) is 6.34. The van der Waals surface area contributed by atoms with Crippen LogP contribution in [0.1, 0.15) is 35.7 Å². The first-order valence-corrected chi connectivity index (χ1v) is 8.34. The molecular formula is C20H21NO4. The second kappa shape index (κ2) is 6.69. The lowest BCUT2D eigenvalue weighted by atomic mass is 9.77. The van der Waals surface area contributed by atoms with Gasteiger partial charge in [-0.1, -0.05) is 30.3 Å². The molecule has 3 N–H and O–H groups in total. The number of Topliss-reactive ketones (excluding diaryl/α,β-unsaturated/α-hetero) is 1. The first kappa shape index (κ1) is 17.2. The number of aliphatic hydroxyl groups is 1. The average Bonchev–Trinajstić information content (AvgIpc) is 2.59. The van der Waals surface area contributed by atoms with E-state index < -0.39 is 17.4 Å². The molecule has 1 aliphatic carbocycles. The number of ketones is 1. The molecule has 0 bridgehead atoms. The Hall–Kier alpha value is -2.66. The van der Waals surface area contributed by atoms with Crippen molar-refractivity contribution in [3.8, 4) is 11.1 Å². The van der Waals surface area contributed by atoms with Gasteiger partial charge >= 0.3 is 5.97 Å². The van der Waals surface area contributed by atoms with Gasteiger partial charge < -0.3 is 15.6 Å². The molecule has 3 rings (SSSR count). The predicted octanol–water partition coefficient (Wildman–Crippen LogP) is 2.75. The van der Waals surface area contributed by atoms with Crippen LogP contribution in [0.25, 0.3) is 11.1 Å². The number of benzene rings is 2. The van der Waals surface area contributed by atoms with Crippen LogP contribution in [0.4, 0.5) is 5.69 Å². The molecule has 5 heteroatoms. The van der Waals surface area contributed by atoms with Crippen LogP contribution in [0.2, 0.25) is 0 Å². The number of carbonyl (C=O) groups excluding carboxylic acids is 2. The van der Waals surface area contributed by atoms with E-state index in [0.717, 1.165) is 16.7 Å². The zero-order valence-corrected chi connectivity index (χ0v) is 14.1. The van der Waals surface area contributed by atoms with Gasteiger partial charge in [0.05, 0.1) is 13.0 Å². The highest BCUT2D eigenvalue weighted by Gasteiger charge is 2.42. The summed E-state index contributed by atoms with van der Waals surface area (Å²) in [7, 11) is 0. The van der Waals surface area contributed by atoms with Gasteiger partial charge in [0.1, 0.15) is 5.60 Å². The molecule has 0 aliphatic heterocycles. The van der Waals surface area contributed by atoms with Crippen molar-refractivity contribution < 1.29 is 19.4 Å². The molecule has 130 valence electrons. The SMILES string of the molecule is CCOC(=O)CC1(O)CCc2cc(-c3ccc(N)cc3)ccc2C1=O. The number of aryl methyl sites for hydroxylation is 1. The van der Waals surface area contributed by atoms with Crippen LogP contribution in [-0.2, 0) is 16.0 Å². The number of fused-ring (bicyclic) bond motifs is 1. The molecule has 1 aliphatic rings. The monoisotopic (exact) mass is 339 g/mol. The Labute approximate surface area is 146 Å². The molecule has 0 saturated heterocycles. The predicted molar refractivity (Wildman–Crippen MR) is 95.1 cm³/mol. The van der Waals surface area contributed by atoms with E-state index in [1.807, 2.05) is 36.4 Å². The van der Waals surface area contributed by atoms with Crippen LogP contribution in [0, 0.1) is 0 Å². The van der Waals surface area contributed by atoms with Crippen LogP contribution in [0.3, 0.4) is 0 Å². The number of esters is 1. The molecule has 5 nitrogen and oxygen atoms in total. The summed E-state index contributed by atoms with van der Waals surface area (Å²) in [5, 5.41) is 10.6. The average molecular weight is 339 g/mol. The molecule has 0 spiro atoms. The summed E-state index contributed by atoms with van der Waals surface area (Å²) in [5.41, 5.74) is 8.08. The third-order valence-corrected chi connectivity index (χ3v) is 4.57. The highest BCUT2D eigenvalue weighted by Crippen LogP contribution is 2.34. The fraction of sp³-hybridized carbons (Fsp3) is 0.300.